The average Bonchev–Trinajstić information content (AvgIpc) is 2.79. The van der Waals surface area contributed by atoms with E-state index >= 15 is 0 Å². The Labute approximate surface area is 183 Å². The number of hydrogen-bond acceptors (Lipinski definition) is 8. The van der Waals surface area contributed by atoms with E-state index < -0.39 is 16.9 Å². The van der Waals surface area contributed by atoms with Gasteiger partial charge >= 0.3 is 0 Å². The van der Waals surface area contributed by atoms with Crippen molar-refractivity contribution in [2.75, 3.05) is 55.7 Å². The van der Waals surface area contributed by atoms with Crippen molar-refractivity contribution in [3.8, 4) is 6.07 Å². The van der Waals surface area contributed by atoms with Gasteiger partial charge in [-0.1, -0.05) is 0 Å². The number of nitriles is 1. The molecule has 1 N–H and O–H groups in total. The molecule has 2 saturated heterocycles. The standard InChI is InChI=1S/C21H26N6O3S/c1-15-13-27(17-3-2-16(12-22)19-20(17)24-5-4-23-19)14-18(30-15)21(28)25-6-7-26-8-10-31(29)11-9-26/h2-5,15,18H,6-11,13-14H2,1H3,(H,25,28). The molecule has 1 aromatic heterocycles. The van der Waals surface area contributed by atoms with Crippen LogP contribution in [0.2, 0.25) is 0 Å². The summed E-state index contributed by atoms with van der Waals surface area (Å²) in [5, 5.41) is 12.3. The summed E-state index contributed by atoms with van der Waals surface area (Å²) in [5.74, 6) is 1.27. The van der Waals surface area contributed by atoms with Crippen LogP contribution in [0.3, 0.4) is 0 Å². The summed E-state index contributed by atoms with van der Waals surface area (Å²) in [6.07, 6.45) is 2.45. The Morgan fingerprint density at radius 3 is 2.74 bits per heavy atom. The van der Waals surface area contributed by atoms with E-state index in [1.54, 1.807) is 18.5 Å². The molecule has 0 saturated carbocycles. The highest BCUT2D eigenvalue weighted by Crippen LogP contribution is 2.28. The first kappa shape index (κ1) is 21.6. The van der Waals surface area contributed by atoms with Crippen LogP contribution in [0.25, 0.3) is 11.0 Å². The largest absolute Gasteiger partial charge is 0.364 e. The molecule has 2 fully saturated rings. The molecule has 10 heteroatoms. The predicted molar refractivity (Wildman–Crippen MR) is 118 cm³/mol. The number of rotatable bonds is 5. The van der Waals surface area contributed by atoms with Gasteiger partial charge in [-0.2, -0.15) is 5.26 Å². The number of morpholine rings is 1. The zero-order valence-electron chi connectivity index (χ0n) is 17.5. The third-order valence-electron chi connectivity index (χ3n) is 5.62. The van der Waals surface area contributed by atoms with Crippen molar-refractivity contribution in [3.63, 3.8) is 0 Å². The number of aromatic nitrogens is 2. The highest BCUT2D eigenvalue weighted by molar-refractivity contribution is 7.85. The van der Waals surface area contributed by atoms with E-state index in [2.05, 4.69) is 31.2 Å². The molecule has 2 unspecified atom stereocenters. The minimum atomic E-state index is -0.700. The second-order valence-electron chi connectivity index (χ2n) is 7.82. The molecule has 1 aromatic carbocycles. The van der Waals surface area contributed by atoms with E-state index in [0.717, 1.165) is 25.3 Å². The Morgan fingerprint density at radius 2 is 2.00 bits per heavy atom. The van der Waals surface area contributed by atoms with Gasteiger partial charge in [0.05, 0.1) is 23.9 Å². The zero-order chi connectivity index (χ0) is 21.8. The molecule has 1 amide bonds. The number of nitrogens with zero attached hydrogens (tertiary/aromatic N) is 5. The second kappa shape index (κ2) is 9.68. The van der Waals surface area contributed by atoms with Crippen LogP contribution in [0.1, 0.15) is 12.5 Å². The summed E-state index contributed by atoms with van der Waals surface area (Å²) < 4.78 is 17.4. The van der Waals surface area contributed by atoms with Crippen LogP contribution in [-0.4, -0.2) is 88.0 Å². The quantitative estimate of drug-likeness (QED) is 0.703. The normalized spacial score (nSPS) is 22.9. The minimum absolute atomic E-state index is 0.135. The number of carbonyl (C=O) groups is 1. The van der Waals surface area contributed by atoms with Crippen molar-refractivity contribution >= 4 is 33.4 Å². The third kappa shape index (κ3) is 5.01. The number of ether oxygens (including phenoxy) is 1. The minimum Gasteiger partial charge on any atom is -0.364 e. The van der Waals surface area contributed by atoms with Gasteiger partial charge in [0.25, 0.3) is 5.91 Å². The number of hydrogen-bond donors (Lipinski definition) is 1. The predicted octanol–water partition coefficient (Wildman–Crippen LogP) is 0.276. The maximum absolute atomic E-state index is 12.8. The molecule has 4 rings (SSSR count). The summed E-state index contributed by atoms with van der Waals surface area (Å²) in [4.78, 5) is 25.8. The highest BCUT2D eigenvalue weighted by Gasteiger charge is 2.31. The van der Waals surface area contributed by atoms with Crippen LogP contribution in [-0.2, 0) is 20.3 Å². The Bertz CT molecular complexity index is 1020. The van der Waals surface area contributed by atoms with Gasteiger partial charge in [-0.3, -0.25) is 23.9 Å². The van der Waals surface area contributed by atoms with E-state index in [1.807, 2.05) is 13.0 Å². The maximum atomic E-state index is 12.8. The lowest BCUT2D eigenvalue weighted by molar-refractivity contribution is -0.137. The highest BCUT2D eigenvalue weighted by atomic mass is 32.2. The van der Waals surface area contributed by atoms with E-state index in [1.165, 1.54) is 0 Å². The molecule has 2 aliphatic heterocycles. The number of fused-ring (bicyclic) bond motifs is 1. The number of carbonyl (C=O) groups excluding carboxylic acids is 1. The van der Waals surface area contributed by atoms with E-state index in [0.29, 0.717) is 47.7 Å². The maximum Gasteiger partial charge on any atom is 0.251 e. The summed E-state index contributed by atoms with van der Waals surface area (Å²) in [5.41, 5.74) is 2.53. The van der Waals surface area contributed by atoms with Crippen LogP contribution >= 0.6 is 0 Å². The molecule has 0 radical (unpaired) electrons. The van der Waals surface area contributed by atoms with Gasteiger partial charge < -0.3 is 15.0 Å². The molecule has 0 aliphatic carbocycles. The fourth-order valence-corrected chi connectivity index (χ4v) is 5.16. The number of amides is 1. The van der Waals surface area contributed by atoms with Gasteiger partial charge in [0.1, 0.15) is 17.1 Å². The van der Waals surface area contributed by atoms with E-state index in [9.17, 15) is 14.3 Å². The number of benzene rings is 1. The van der Waals surface area contributed by atoms with Gasteiger partial charge in [0.15, 0.2) is 6.10 Å². The van der Waals surface area contributed by atoms with Gasteiger partial charge in [-0.25, -0.2) is 0 Å². The first-order valence-corrected chi connectivity index (χ1v) is 11.9. The van der Waals surface area contributed by atoms with Crippen LogP contribution < -0.4 is 10.2 Å². The lowest BCUT2D eigenvalue weighted by atomic mass is 10.1. The molecule has 2 aliphatic rings. The fourth-order valence-electron chi connectivity index (χ4n) is 4.03. The van der Waals surface area contributed by atoms with Crippen molar-refractivity contribution in [1.82, 2.24) is 20.2 Å². The van der Waals surface area contributed by atoms with Crippen molar-refractivity contribution in [3.05, 3.63) is 30.1 Å². The molecule has 164 valence electrons. The summed E-state index contributed by atoms with van der Waals surface area (Å²) in [6.45, 7) is 5.84. The summed E-state index contributed by atoms with van der Waals surface area (Å²) >= 11 is 0. The van der Waals surface area contributed by atoms with Crippen molar-refractivity contribution in [1.29, 1.82) is 5.26 Å². The number of nitrogens with one attached hydrogen (secondary N) is 1. The van der Waals surface area contributed by atoms with Crippen molar-refractivity contribution in [2.45, 2.75) is 19.1 Å². The van der Waals surface area contributed by atoms with Crippen LogP contribution in [0.5, 0.6) is 0 Å². The molecule has 2 aromatic rings. The van der Waals surface area contributed by atoms with Crippen LogP contribution in [0, 0.1) is 11.3 Å². The monoisotopic (exact) mass is 442 g/mol. The van der Waals surface area contributed by atoms with Gasteiger partial charge in [-0.15, -0.1) is 0 Å². The Kier molecular flexibility index (Phi) is 6.75. The van der Waals surface area contributed by atoms with Gasteiger partial charge in [0, 0.05) is 67.4 Å². The van der Waals surface area contributed by atoms with Crippen LogP contribution in [0.4, 0.5) is 5.69 Å². The average molecular weight is 443 g/mol. The first-order chi connectivity index (χ1) is 15.0. The molecule has 0 spiro atoms. The molecule has 0 bridgehead atoms. The molecule has 2 atom stereocenters. The topological polar surface area (TPSA) is 111 Å². The Morgan fingerprint density at radius 1 is 1.26 bits per heavy atom. The molecule has 3 heterocycles. The summed E-state index contributed by atoms with van der Waals surface area (Å²) in [6, 6.07) is 5.76. The molecular formula is C21H26N6O3S. The zero-order valence-corrected chi connectivity index (χ0v) is 18.3. The Hall–Kier alpha value is -2.61. The smallest absolute Gasteiger partial charge is 0.251 e. The molecule has 31 heavy (non-hydrogen) atoms. The van der Waals surface area contributed by atoms with Gasteiger partial charge in [-0.05, 0) is 19.1 Å². The summed E-state index contributed by atoms with van der Waals surface area (Å²) in [7, 11) is -0.700. The van der Waals surface area contributed by atoms with Crippen molar-refractivity contribution < 1.29 is 13.7 Å². The molecular weight excluding hydrogens is 416 g/mol. The number of anilines is 1. The van der Waals surface area contributed by atoms with Crippen LogP contribution in [0.15, 0.2) is 24.5 Å². The lowest BCUT2D eigenvalue weighted by Gasteiger charge is -2.37. The fraction of sp³-hybridized carbons (Fsp3) is 0.524. The van der Waals surface area contributed by atoms with Crippen molar-refractivity contribution in [2.24, 2.45) is 0 Å². The van der Waals surface area contributed by atoms with E-state index in [4.69, 9.17) is 4.74 Å². The lowest BCUT2D eigenvalue weighted by Crippen LogP contribution is -2.53. The SMILES string of the molecule is CC1CN(c2ccc(C#N)c3nccnc23)CC(C(=O)NCCN2CCS(=O)CC2)O1. The molecule has 9 nitrogen and oxygen atoms in total. The first-order valence-electron chi connectivity index (χ1n) is 10.4. The third-order valence-corrected chi connectivity index (χ3v) is 6.89. The van der Waals surface area contributed by atoms with E-state index in [-0.39, 0.29) is 12.0 Å². The Balaban J connectivity index is 1.41. The van der Waals surface area contributed by atoms with Gasteiger partial charge in [0.2, 0.25) is 0 Å². The second-order valence-corrected chi connectivity index (χ2v) is 9.51.